The van der Waals surface area contributed by atoms with Gasteiger partial charge in [-0.1, -0.05) is 6.07 Å². The van der Waals surface area contributed by atoms with Gasteiger partial charge in [-0.25, -0.2) is 4.98 Å². The average molecular weight is 622 g/mol. The molecule has 2 aromatic carbocycles. The van der Waals surface area contributed by atoms with Crippen molar-refractivity contribution in [2.75, 3.05) is 32.5 Å². The molecule has 9 nitrogen and oxygen atoms in total. The number of fused-ring (bicyclic) bond motifs is 4. The number of ether oxygens (including phenoxy) is 2. The molecule has 12 heteroatoms. The van der Waals surface area contributed by atoms with Gasteiger partial charge in [0.1, 0.15) is 29.2 Å². The van der Waals surface area contributed by atoms with E-state index in [2.05, 4.69) is 25.4 Å². The van der Waals surface area contributed by atoms with Gasteiger partial charge in [0.2, 0.25) is 5.91 Å². The van der Waals surface area contributed by atoms with Crippen molar-refractivity contribution in [3.63, 3.8) is 0 Å². The molecule has 0 bridgehead atoms. The molecular formula is C33H34F3N5O4. The van der Waals surface area contributed by atoms with Crippen molar-refractivity contribution in [2.45, 2.75) is 62.5 Å². The molecule has 45 heavy (non-hydrogen) atoms. The fraction of sp³-hybridized carbons (Fsp3) is 0.424. The number of carbonyl (C=O) groups excluding carboxylic acids is 2. The lowest BCUT2D eigenvalue weighted by atomic mass is 10.00. The summed E-state index contributed by atoms with van der Waals surface area (Å²) in [7, 11) is 3.98. The molecule has 4 atom stereocenters. The number of benzene rings is 2. The third-order valence-electron chi connectivity index (χ3n) is 9.24. The molecule has 4 heterocycles. The van der Waals surface area contributed by atoms with Crippen molar-refractivity contribution in [1.82, 2.24) is 20.1 Å². The van der Waals surface area contributed by atoms with E-state index in [4.69, 9.17) is 9.47 Å². The number of likely N-dealkylation sites (N-methyl/N-ethyl adjacent to an activating group) is 1. The number of likely N-dealkylation sites (tertiary alicyclic amines) is 1. The highest BCUT2D eigenvalue weighted by Gasteiger charge is 2.59. The van der Waals surface area contributed by atoms with Crippen LogP contribution in [0.3, 0.4) is 0 Å². The smallest absolute Gasteiger partial charge is 0.416 e. The monoisotopic (exact) mass is 621 g/mol. The van der Waals surface area contributed by atoms with Gasteiger partial charge in [-0.15, -0.1) is 0 Å². The van der Waals surface area contributed by atoms with Gasteiger partial charge in [0.15, 0.2) is 0 Å². The van der Waals surface area contributed by atoms with Gasteiger partial charge in [-0.05, 0) is 81.9 Å². The van der Waals surface area contributed by atoms with Crippen molar-refractivity contribution < 1.29 is 32.2 Å². The second kappa shape index (κ2) is 11.3. The Morgan fingerprint density at radius 1 is 1.18 bits per heavy atom. The Labute approximate surface area is 258 Å². The van der Waals surface area contributed by atoms with Crippen molar-refractivity contribution in [2.24, 2.45) is 0 Å². The molecule has 1 saturated carbocycles. The number of carbonyl (C=O) groups is 2. The number of hydrogen-bond acceptors (Lipinski definition) is 7. The van der Waals surface area contributed by atoms with Crippen LogP contribution in [0.4, 0.5) is 19.0 Å². The highest BCUT2D eigenvalue weighted by Crippen LogP contribution is 2.54. The molecule has 0 radical (unpaired) electrons. The molecule has 7 rings (SSSR count). The van der Waals surface area contributed by atoms with Gasteiger partial charge >= 0.3 is 6.18 Å². The Balaban J connectivity index is 1.04. The summed E-state index contributed by atoms with van der Waals surface area (Å²) in [6, 6.07) is 11.0. The molecule has 1 saturated heterocycles. The first-order valence-corrected chi connectivity index (χ1v) is 15.2. The molecule has 0 spiro atoms. The lowest BCUT2D eigenvalue weighted by Crippen LogP contribution is -2.44. The van der Waals surface area contributed by atoms with Gasteiger partial charge in [-0.2, -0.15) is 13.2 Å². The third kappa shape index (κ3) is 5.84. The van der Waals surface area contributed by atoms with Crippen LogP contribution >= 0.6 is 0 Å². The number of anilines is 1. The summed E-state index contributed by atoms with van der Waals surface area (Å²) in [5, 5.41) is 5.65. The van der Waals surface area contributed by atoms with Crippen LogP contribution < -0.4 is 20.1 Å². The zero-order valence-corrected chi connectivity index (χ0v) is 25.0. The fourth-order valence-corrected chi connectivity index (χ4v) is 6.75. The summed E-state index contributed by atoms with van der Waals surface area (Å²) in [6.07, 6.45) is -0.495. The lowest BCUT2D eigenvalue weighted by Gasteiger charge is -2.36. The maximum atomic E-state index is 14.2. The minimum Gasteiger partial charge on any atom is -0.487 e. The Morgan fingerprint density at radius 3 is 2.82 bits per heavy atom. The summed E-state index contributed by atoms with van der Waals surface area (Å²) in [5.74, 6) is 1.54. The second-order valence-corrected chi connectivity index (χ2v) is 12.5. The van der Waals surface area contributed by atoms with Crippen molar-refractivity contribution >= 4 is 17.6 Å². The number of halogens is 3. The number of aromatic nitrogens is 1. The van der Waals surface area contributed by atoms with Gasteiger partial charge in [-0.3, -0.25) is 14.5 Å². The summed E-state index contributed by atoms with van der Waals surface area (Å²) < 4.78 is 54.7. The molecule has 3 aliphatic heterocycles. The van der Waals surface area contributed by atoms with E-state index in [1.807, 2.05) is 26.2 Å². The first kappa shape index (κ1) is 29.5. The molecule has 1 aliphatic carbocycles. The fourth-order valence-electron chi connectivity index (χ4n) is 6.75. The van der Waals surface area contributed by atoms with E-state index in [0.717, 1.165) is 36.6 Å². The highest BCUT2D eigenvalue weighted by molar-refractivity contribution is 5.95. The average Bonchev–Trinajstić information content (AvgIpc) is 3.52. The van der Waals surface area contributed by atoms with E-state index >= 15 is 0 Å². The van der Waals surface area contributed by atoms with E-state index < -0.39 is 17.6 Å². The zero-order chi connectivity index (χ0) is 31.5. The summed E-state index contributed by atoms with van der Waals surface area (Å²) in [4.78, 5) is 33.3. The minimum atomic E-state index is -4.59. The van der Waals surface area contributed by atoms with Crippen LogP contribution in [0, 0.1) is 0 Å². The second-order valence-electron chi connectivity index (χ2n) is 12.5. The van der Waals surface area contributed by atoms with Crippen LogP contribution in [-0.2, 0) is 23.9 Å². The Hall–Kier alpha value is -4.16. The van der Waals surface area contributed by atoms with Crippen molar-refractivity contribution in [1.29, 1.82) is 0 Å². The Morgan fingerprint density at radius 2 is 2.02 bits per heavy atom. The number of nitrogens with zero attached hydrogens (tertiary/aromatic N) is 3. The molecule has 1 aromatic heterocycles. The first-order valence-electron chi connectivity index (χ1n) is 15.2. The minimum absolute atomic E-state index is 0.0345. The van der Waals surface area contributed by atoms with Gasteiger partial charge in [0.25, 0.3) is 5.91 Å². The number of rotatable bonds is 7. The topological polar surface area (TPSA) is 96.0 Å². The van der Waals surface area contributed by atoms with Crippen LogP contribution in [0.15, 0.2) is 48.7 Å². The van der Waals surface area contributed by atoms with E-state index in [1.165, 1.54) is 12.1 Å². The molecular weight excluding hydrogens is 587 g/mol. The summed E-state index contributed by atoms with van der Waals surface area (Å²) in [5.41, 5.74) is 1.04. The molecule has 3 aromatic rings. The highest BCUT2D eigenvalue weighted by atomic mass is 19.4. The molecule has 2 amide bonds. The van der Waals surface area contributed by atoms with Crippen LogP contribution in [-0.4, -0.2) is 72.0 Å². The molecule has 236 valence electrons. The maximum absolute atomic E-state index is 14.2. The Bertz CT molecular complexity index is 1660. The molecule has 1 unspecified atom stereocenters. The zero-order valence-electron chi connectivity index (χ0n) is 25.0. The largest absolute Gasteiger partial charge is 0.487 e. The molecule has 2 N–H and O–H groups in total. The lowest BCUT2D eigenvalue weighted by molar-refractivity contribution is -0.138. The van der Waals surface area contributed by atoms with Gasteiger partial charge in [0, 0.05) is 48.4 Å². The van der Waals surface area contributed by atoms with E-state index in [9.17, 15) is 22.8 Å². The number of hydrogen-bond donors (Lipinski definition) is 2. The van der Waals surface area contributed by atoms with Gasteiger partial charge < -0.3 is 25.0 Å². The summed E-state index contributed by atoms with van der Waals surface area (Å²) >= 11 is 0. The van der Waals surface area contributed by atoms with Gasteiger partial charge in [0.05, 0.1) is 17.5 Å². The number of alkyl halides is 3. The first-order chi connectivity index (χ1) is 21.5. The molecule has 4 aliphatic rings. The van der Waals surface area contributed by atoms with E-state index in [1.54, 1.807) is 18.3 Å². The number of piperidine rings is 1. The van der Waals surface area contributed by atoms with Crippen LogP contribution in [0.2, 0.25) is 0 Å². The number of pyridine rings is 1. The van der Waals surface area contributed by atoms with Crippen LogP contribution in [0.25, 0.3) is 0 Å². The number of nitrogens with one attached hydrogen (secondary N) is 2. The quantitative estimate of drug-likeness (QED) is 0.385. The number of amides is 2. The third-order valence-corrected chi connectivity index (χ3v) is 9.24. The SMILES string of the molecule is CN(C)[C@@H]1CCCN(Cc2ccc(C(=O)N[C@@H]3C4Oc5ccc(Oc6ccnc7c6CCC(=O)N7)cc5[C@H]43)cc2C(F)(F)F)C1. The predicted octanol–water partition coefficient (Wildman–Crippen LogP) is 4.96. The van der Waals surface area contributed by atoms with Crippen LogP contribution in [0.1, 0.15) is 57.8 Å². The van der Waals surface area contributed by atoms with E-state index in [-0.39, 0.29) is 41.6 Å². The van der Waals surface area contributed by atoms with Crippen molar-refractivity contribution in [3.05, 3.63) is 76.5 Å². The normalized spacial score (nSPS) is 23.8. The Kier molecular flexibility index (Phi) is 7.44. The predicted molar refractivity (Wildman–Crippen MR) is 160 cm³/mol. The standard InChI is InChI=1S/C33H34F3N5O4/c1-40(2)20-4-3-13-41(17-20)16-19-6-5-18(14-24(19)33(34,35)36)32(43)39-29-28-23-15-21(7-9-25(23)45-30(28)29)44-26-11-12-37-31-22(26)8-10-27(42)38-31/h5-7,9,11-12,14-15,20,28-30H,3-4,8,10,13,16-17H2,1-2H3,(H,39,43)(H,37,38,42)/t20-,28+,29+,30?/m1/s1. The van der Waals surface area contributed by atoms with E-state index in [0.29, 0.717) is 48.5 Å². The molecule has 2 fully saturated rings. The maximum Gasteiger partial charge on any atom is 0.416 e. The van der Waals surface area contributed by atoms with Crippen molar-refractivity contribution in [3.8, 4) is 17.2 Å². The van der Waals surface area contributed by atoms with Crippen LogP contribution in [0.5, 0.6) is 17.2 Å². The summed E-state index contributed by atoms with van der Waals surface area (Å²) in [6.45, 7) is 1.62.